The summed E-state index contributed by atoms with van der Waals surface area (Å²) < 4.78 is 5.90. The number of likely N-dealkylation sites (tertiary alicyclic amines) is 1. The molecular formula is C19H39N5O. The van der Waals surface area contributed by atoms with Gasteiger partial charge in [-0.1, -0.05) is 20.8 Å². The van der Waals surface area contributed by atoms with Crippen LogP contribution < -0.4 is 10.6 Å². The average Bonchev–Trinajstić information content (AvgIpc) is 2.58. The van der Waals surface area contributed by atoms with E-state index in [1.807, 2.05) is 7.05 Å². The van der Waals surface area contributed by atoms with Gasteiger partial charge in [-0.25, -0.2) is 0 Å². The number of aliphatic imine (C=N–C) groups is 1. The van der Waals surface area contributed by atoms with Gasteiger partial charge in [0.05, 0.1) is 12.7 Å². The molecule has 6 nitrogen and oxygen atoms in total. The van der Waals surface area contributed by atoms with Gasteiger partial charge in [-0.3, -0.25) is 9.89 Å². The molecule has 0 aromatic heterocycles. The first kappa shape index (κ1) is 20.5. The highest BCUT2D eigenvalue weighted by Gasteiger charge is 2.21. The Morgan fingerprint density at radius 1 is 1.20 bits per heavy atom. The molecule has 2 saturated heterocycles. The molecular weight excluding hydrogens is 314 g/mol. The van der Waals surface area contributed by atoms with E-state index in [4.69, 9.17) is 4.74 Å². The Balaban J connectivity index is 1.62. The van der Waals surface area contributed by atoms with Crippen molar-refractivity contribution in [1.29, 1.82) is 0 Å². The van der Waals surface area contributed by atoms with Gasteiger partial charge in [-0.05, 0) is 31.2 Å². The van der Waals surface area contributed by atoms with E-state index in [0.717, 1.165) is 57.8 Å². The molecule has 2 rings (SSSR count). The summed E-state index contributed by atoms with van der Waals surface area (Å²) in [7, 11) is 1.84. The third-order valence-electron chi connectivity index (χ3n) is 5.03. The predicted molar refractivity (Wildman–Crippen MR) is 105 cm³/mol. The molecule has 2 N–H and O–H groups in total. The highest BCUT2D eigenvalue weighted by Crippen LogP contribution is 2.14. The Bertz CT molecular complexity index is 401. The molecule has 0 aliphatic carbocycles. The Morgan fingerprint density at radius 2 is 2.04 bits per heavy atom. The minimum absolute atomic E-state index is 0.244. The van der Waals surface area contributed by atoms with E-state index in [1.165, 1.54) is 25.9 Å². The normalized spacial score (nSPS) is 26.8. The molecule has 2 unspecified atom stereocenters. The van der Waals surface area contributed by atoms with Gasteiger partial charge >= 0.3 is 0 Å². The highest BCUT2D eigenvalue weighted by molar-refractivity contribution is 5.79. The molecule has 2 fully saturated rings. The zero-order valence-corrected chi connectivity index (χ0v) is 16.8. The molecule has 0 radical (unpaired) electrons. The Kier molecular flexibility index (Phi) is 8.99. The number of guanidine groups is 1. The fourth-order valence-corrected chi connectivity index (χ4v) is 3.84. The van der Waals surface area contributed by atoms with E-state index < -0.39 is 0 Å². The van der Waals surface area contributed by atoms with E-state index >= 15 is 0 Å². The van der Waals surface area contributed by atoms with Crippen molar-refractivity contribution in [2.75, 3.05) is 66.0 Å². The maximum atomic E-state index is 5.90. The second-order valence-corrected chi connectivity index (χ2v) is 8.07. The van der Waals surface area contributed by atoms with Gasteiger partial charge in [0.1, 0.15) is 0 Å². The van der Waals surface area contributed by atoms with Gasteiger partial charge in [0.15, 0.2) is 5.96 Å². The lowest BCUT2D eigenvalue weighted by Gasteiger charge is -2.34. The molecule has 0 spiro atoms. The minimum Gasteiger partial charge on any atom is -0.374 e. The van der Waals surface area contributed by atoms with Crippen LogP contribution in [0.4, 0.5) is 0 Å². The van der Waals surface area contributed by atoms with Crippen LogP contribution in [0.5, 0.6) is 0 Å². The van der Waals surface area contributed by atoms with E-state index in [9.17, 15) is 0 Å². The summed E-state index contributed by atoms with van der Waals surface area (Å²) in [4.78, 5) is 9.41. The third kappa shape index (κ3) is 7.92. The molecule has 0 saturated carbocycles. The largest absolute Gasteiger partial charge is 0.374 e. The van der Waals surface area contributed by atoms with Crippen molar-refractivity contribution >= 4 is 5.96 Å². The summed E-state index contributed by atoms with van der Waals surface area (Å²) in [6.45, 7) is 16.3. The van der Waals surface area contributed by atoms with Crippen LogP contribution in [0.25, 0.3) is 0 Å². The van der Waals surface area contributed by atoms with Crippen LogP contribution in [0.15, 0.2) is 4.99 Å². The first-order valence-corrected chi connectivity index (χ1v) is 10.1. The van der Waals surface area contributed by atoms with Crippen LogP contribution in [0.3, 0.4) is 0 Å². The van der Waals surface area contributed by atoms with Crippen LogP contribution in [0.1, 0.15) is 33.6 Å². The first-order chi connectivity index (χ1) is 12.1. The number of piperidine rings is 1. The maximum Gasteiger partial charge on any atom is 0.191 e. The maximum absolute atomic E-state index is 5.90. The Morgan fingerprint density at radius 3 is 2.76 bits per heavy atom. The second-order valence-electron chi connectivity index (χ2n) is 8.07. The summed E-state index contributed by atoms with van der Waals surface area (Å²) >= 11 is 0. The lowest BCUT2D eigenvalue weighted by molar-refractivity contribution is -0.0284. The summed E-state index contributed by atoms with van der Waals surface area (Å²) in [5.41, 5.74) is 0. The van der Waals surface area contributed by atoms with Crippen molar-refractivity contribution in [2.24, 2.45) is 16.8 Å². The number of ether oxygens (including phenoxy) is 1. The lowest BCUT2D eigenvalue weighted by Crippen LogP contribution is -2.50. The lowest BCUT2D eigenvalue weighted by atomic mass is 10.0. The van der Waals surface area contributed by atoms with E-state index in [-0.39, 0.29) is 6.10 Å². The summed E-state index contributed by atoms with van der Waals surface area (Å²) in [5.74, 6) is 2.43. The molecule has 6 heteroatoms. The number of morpholine rings is 1. The standard InChI is InChI=1S/C19H39N5O/c1-16(2)13-24-10-11-25-18(15-24)12-22-19(20-4)21-7-9-23-8-5-6-17(3)14-23/h16-18H,5-15H2,1-4H3,(H2,20,21,22). The second kappa shape index (κ2) is 11.0. The topological polar surface area (TPSA) is 52.1 Å². The number of nitrogens with one attached hydrogen (secondary N) is 2. The van der Waals surface area contributed by atoms with Crippen molar-refractivity contribution in [3.63, 3.8) is 0 Å². The van der Waals surface area contributed by atoms with Gasteiger partial charge in [0.2, 0.25) is 0 Å². The van der Waals surface area contributed by atoms with E-state index in [0.29, 0.717) is 5.92 Å². The molecule has 2 aliphatic rings. The number of hydrogen-bond donors (Lipinski definition) is 2. The molecule has 0 aromatic carbocycles. The van der Waals surface area contributed by atoms with Crippen molar-refractivity contribution in [1.82, 2.24) is 20.4 Å². The number of rotatable bonds is 7. The highest BCUT2D eigenvalue weighted by atomic mass is 16.5. The van der Waals surface area contributed by atoms with Crippen molar-refractivity contribution in [3.05, 3.63) is 0 Å². The van der Waals surface area contributed by atoms with E-state index in [1.54, 1.807) is 0 Å². The van der Waals surface area contributed by atoms with Gasteiger partial charge in [-0.15, -0.1) is 0 Å². The zero-order valence-electron chi connectivity index (χ0n) is 16.8. The summed E-state index contributed by atoms with van der Waals surface area (Å²) in [6, 6.07) is 0. The van der Waals surface area contributed by atoms with Crippen LogP contribution in [0, 0.1) is 11.8 Å². The molecule has 2 atom stereocenters. The van der Waals surface area contributed by atoms with Crippen molar-refractivity contribution in [3.8, 4) is 0 Å². The third-order valence-corrected chi connectivity index (χ3v) is 5.03. The van der Waals surface area contributed by atoms with Crippen molar-refractivity contribution in [2.45, 2.75) is 39.7 Å². The molecule has 0 aromatic rings. The van der Waals surface area contributed by atoms with E-state index in [2.05, 4.69) is 46.2 Å². The summed E-state index contributed by atoms with van der Waals surface area (Å²) in [6.07, 6.45) is 2.96. The van der Waals surface area contributed by atoms with Gasteiger partial charge in [-0.2, -0.15) is 0 Å². The Hall–Kier alpha value is -0.850. The predicted octanol–water partition coefficient (Wildman–Crippen LogP) is 1.24. The number of nitrogens with zero attached hydrogens (tertiary/aromatic N) is 3. The minimum atomic E-state index is 0.244. The molecule has 25 heavy (non-hydrogen) atoms. The average molecular weight is 354 g/mol. The quantitative estimate of drug-likeness (QED) is 0.533. The zero-order chi connectivity index (χ0) is 18.1. The van der Waals surface area contributed by atoms with Gasteiger partial charge < -0.3 is 20.3 Å². The van der Waals surface area contributed by atoms with Crippen LogP contribution in [0.2, 0.25) is 0 Å². The van der Waals surface area contributed by atoms with Gasteiger partial charge in [0.25, 0.3) is 0 Å². The SMILES string of the molecule is CN=C(NCCN1CCCC(C)C1)NCC1CN(CC(C)C)CCO1. The van der Waals surface area contributed by atoms with Crippen LogP contribution in [-0.4, -0.2) is 87.9 Å². The fraction of sp³-hybridized carbons (Fsp3) is 0.947. The molecule has 2 heterocycles. The molecule has 2 aliphatic heterocycles. The van der Waals surface area contributed by atoms with Crippen LogP contribution in [-0.2, 0) is 4.74 Å². The fourth-order valence-electron chi connectivity index (χ4n) is 3.84. The Labute approximate surface area is 154 Å². The molecule has 0 amide bonds. The van der Waals surface area contributed by atoms with Crippen molar-refractivity contribution < 1.29 is 4.74 Å². The molecule has 0 bridgehead atoms. The van der Waals surface area contributed by atoms with Gasteiger partial charge in [0, 0.05) is 52.9 Å². The smallest absolute Gasteiger partial charge is 0.191 e. The summed E-state index contributed by atoms with van der Waals surface area (Å²) in [5, 5.41) is 6.87. The first-order valence-electron chi connectivity index (χ1n) is 10.1. The monoisotopic (exact) mass is 353 g/mol. The van der Waals surface area contributed by atoms with Crippen LogP contribution >= 0.6 is 0 Å². The number of hydrogen-bond acceptors (Lipinski definition) is 4. The molecule has 146 valence electrons.